The second kappa shape index (κ2) is 69.8. The van der Waals surface area contributed by atoms with E-state index in [0.29, 0.717) is 19.3 Å². The summed E-state index contributed by atoms with van der Waals surface area (Å²) in [7, 11) is 0. The van der Waals surface area contributed by atoms with Gasteiger partial charge in [0.1, 0.15) is 13.2 Å². The van der Waals surface area contributed by atoms with Gasteiger partial charge in [0.25, 0.3) is 0 Å². The van der Waals surface area contributed by atoms with Gasteiger partial charge >= 0.3 is 17.9 Å². The lowest BCUT2D eigenvalue weighted by atomic mass is 10.0. The molecule has 0 spiro atoms. The Morgan fingerprint density at radius 3 is 0.805 bits per heavy atom. The first-order valence-electron chi connectivity index (χ1n) is 35.2. The number of hydrogen-bond acceptors (Lipinski definition) is 6. The summed E-state index contributed by atoms with van der Waals surface area (Å²) >= 11 is 0. The number of ether oxygens (including phenoxy) is 3. The molecule has 0 aromatic carbocycles. The quantitative estimate of drug-likeness (QED) is 0.0261. The number of hydrogen-bond donors (Lipinski definition) is 0. The standard InChI is InChI=1S/C76H132O6/c1-4-7-10-13-16-19-22-24-26-28-30-32-33-34-35-36-37-38-39-40-41-42-43-45-46-48-50-52-54-57-60-63-66-69-75(78)81-72-73(71-80-74(77)68-65-62-59-56-21-18-15-12-9-6-3)82-76(79)70-67-64-61-58-55-53-51-49-47-44-31-29-27-25-23-20-17-14-11-8-5-2/h7,10,12,15-16,19,23-26,29-32,47,49,73H,4-6,8-9,11,13-14,17-18,20-22,27-28,33-46,48,50-72H2,1-3H3/b10-7-,15-12-,19-16-,25-23-,26-24-,31-29-,32-30-,49-47-. The van der Waals surface area contributed by atoms with Gasteiger partial charge in [-0.05, 0) is 116 Å². The first kappa shape index (κ1) is 78.3. The second-order valence-electron chi connectivity index (χ2n) is 23.4. The van der Waals surface area contributed by atoms with E-state index < -0.39 is 6.10 Å². The highest BCUT2D eigenvalue weighted by molar-refractivity contribution is 5.71. The normalized spacial score (nSPS) is 12.7. The van der Waals surface area contributed by atoms with Crippen molar-refractivity contribution >= 4 is 17.9 Å². The maximum absolute atomic E-state index is 12.9. The van der Waals surface area contributed by atoms with Gasteiger partial charge in [0, 0.05) is 19.3 Å². The van der Waals surface area contributed by atoms with Crippen LogP contribution in [0.2, 0.25) is 0 Å². The molecule has 0 aliphatic carbocycles. The molecule has 1 atom stereocenters. The lowest BCUT2D eigenvalue weighted by molar-refractivity contribution is -0.167. The fraction of sp³-hybridized carbons (Fsp3) is 0.750. The minimum atomic E-state index is -0.787. The van der Waals surface area contributed by atoms with Crippen LogP contribution >= 0.6 is 0 Å². The Hall–Kier alpha value is -3.67. The zero-order valence-electron chi connectivity index (χ0n) is 54.2. The number of carbonyl (C=O) groups is 3. The van der Waals surface area contributed by atoms with Gasteiger partial charge < -0.3 is 14.2 Å². The van der Waals surface area contributed by atoms with Crippen LogP contribution in [0.15, 0.2) is 97.2 Å². The van der Waals surface area contributed by atoms with Crippen LogP contribution in [0.3, 0.4) is 0 Å². The number of unbranched alkanes of at least 4 members (excludes halogenated alkanes) is 37. The number of rotatable bonds is 64. The van der Waals surface area contributed by atoms with Gasteiger partial charge in [-0.2, -0.15) is 0 Å². The van der Waals surface area contributed by atoms with E-state index in [1.807, 2.05) is 0 Å². The summed E-state index contributed by atoms with van der Waals surface area (Å²) in [5.74, 6) is -0.891. The number of esters is 3. The molecule has 0 aromatic rings. The van der Waals surface area contributed by atoms with E-state index in [9.17, 15) is 14.4 Å². The summed E-state index contributed by atoms with van der Waals surface area (Å²) in [6, 6.07) is 0. The Kier molecular flexibility index (Phi) is 66.7. The largest absolute Gasteiger partial charge is 0.462 e. The predicted octanol–water partition coefficient (Wildman–Crippen LogP) is 24.4. The summed E-state index contributed by atoms with van der Waals surface area (Å²) < 4.78 is 16.9. The molecule has 6 heteroatoms. The third-order valence-electron chi connectivity index (χ3n) is 15.3. The van der Waals surface area contributed by atoms with Crippen LogP contribution in [0.4, 0.5) is 0 Å². The van der Waals surface area contributed by atoms with Crippen molar-refractivity contribution in [2.45, 2.75) is 354 Å². The van der Waals surface area contributed by atoms with E-state index in [1.54, 1.807) is 0 Å². The summed E-state index contributed by atoms with van der Waals surface area (Å²) in [6.45, 7) is 6.47. The lowest BCUT2D eigenvalue weighted by Crippen LogP contribution is -2.30. The van der Waals surface area contributed by atoms with Gasteiger partial charge in [0.05, 0.1) is 0 Å². The van der Waals surface area contributed by atoms with Gasteiger partial charge in [-0.15, -0.1) is 0 Å². The molecule has 82 heavy (non-hydrogen) atoms. The molecule has 0 amide bonds. The molecule has 472 valence electrons. The fourth-order valence-corrected chi connectivity index (χ4v) is 10.0. The van der Waals surface area contributed by atoms with Crippen LogP contribution in [-0.2, 0) is 28.6 Å². The summed E-state index contributed by atoms with van der Waals surface area (Å²) in [6.07, 6.45) is 94.5. The van der Waals surface area contributed by atoms with Crippen LogP contribution in [0.25, 0.3) is 0 Å². The SMILES string of the molecule is CC/C=C\C/C=C\C/C=C\C/C=C\CCCCCCCCCCCCCCCCCCCCCCC(=O)OCC(COC(=O)CCCCCCC/C=C\CCC)OC(=O)CCCCCCCC/C=C\C/C=C\C/C=C\CCCCCCC. The fourth-order valence-electron chi connectivity index (χ4n) is 10.0. The van der Waals surface area contributed by atoms with Crippen LogP contribution in [0.5, 0.6) is 0 Å². The molecule has 0 saturated heterocycles. The lowest BCUT2D eigenvalue weighted by Gasteiger charge is -2.18. The molecule has 0 heterocycles. The number of carbonyl (C=O) groups excluding carboxylic acids is 3. The average Bonchev–Trinajstić information content (AvgIpc) is 3.48. The molecule has 0 aliphatic rings. The van der Waals surface area contributed by atoms with E-state index in [0.717, 1.165) is 122 Å². The van der Waals surface area contributed by atoms with Gasteiger partial charge in [-0.3, -0.25) is 14.4 Å². The first-order valence-corrected chi connectivity index (χ1v) is 35.2. The molecular formula is C76H132O6. The van der Waals surface area contributed by atoms with Crippen molar-refractivity contribution in [3.63, 3.8) is 0 Å². The Labute approximate surface area is 508 Å². The van der Waals surface area contributed by atoms with Crippen molar-refractivity contribution in [2.75, 3.05) is 13.2 Å². The molecule has 0 N–H and O–H groups in total. The topological polar surface area (TPSA) is 78.9 Å². The minimum absolute atomic E-state index is 0.0821. The molecule has 6 nitrogen and oxygen atoms in total. The first-order chi connectivity index (χ1) is 40.5. The summed E-state index contributed by atoms with van der Waals surface area (Å²) in [5, 5.41) is 0. The highest BCUT2D eigenvalue weighted by atomic mass is 16.6. The summed E-state index contributed by atoms with van der Waals surface area (Å²) in [4.78, 5) is 38.3. The second-order valence-corrected chi connectivity index (χ2v) is 23.4. The Bertz CT molecular complexity index is 1590. The van der Waals surface area contributed by atoms with Gasteiger partial charge in [0.15, 0.2) is 6.10 Å². The highest BCUT2D eigenvalue weighted by Crippen LogP contribution is 2.17. The molecule has 0 rings (SSSR count). The monoisotopic (exact) mass is 1140 g/mol. The van der Waals surface area contributed by atoms with Crippen LogP contribution in [0, 0.1) is 0 Å². The van der Waals surface area contributed by atoms with Gasteiger partial charge in [0.2, 0.25) is 0 Å². The molecule has 0 aromatic heterocycles. The van der Waals surface area contributed by atoms with Gasteiger partial charge in [-0.25, -0.2) is 0 Å². The molecule has 0 radical (unpaired) electrons. The van der Waals surface area contributed by atoms with Crippen LogP contribution in [0.1, 0.15) is 348 Å². The Balaban J connectivity index is 4.13. The van der Waals surface area contributed by atoms with E-state index in [2.05, 4.69) is 118 Å². The molecule has 1 unspecified atom stereocenters. The molecule has 0 saturated carbocycles. The maximum atomic E-state index is 12.9. The molecule has 0 bridgehead atoms. The Morgan fingerprint density at radius 1 is 0.256 bits per heavy atom. The smallest absolute Gasteiger partial charge is 0.306 e. The Morgan fingerprint density at radius 2 is 0.500 bits per heavy atom. The highest BCUT2D eigenvalue weighted by Gasteiger charge is 2.19. The van der Waals surface area contributed by atoms with E-state index in [4.69, 9.17) is 14.2 Å². The zero-order chi connectivity index (χ0) is 59.2. The third kappa shape index (κ3) is 67.1. The maximum Gasteiger partial charge on any atom is 0.306 e. The van der Waals surface area contributed by atoms with Crippen molar-refractivity contribution in [3.05, 3.63) is 97.2 Å². The van der Waals surface area contributed by atoms with Crippen LogP contribution < -0.4 is 0 Å². The third-order valence-corrected chi connectivity index (χ3v) is 15.3. The van der Waals surface area contributed by atoms with Crippen LogP contribution in [-0.4, -0.2) is 37.2 Å². The van der Waals surface area contributed by atoms with Crippen molar-refractivity contribution in [1.82, 2.24) is 0 Å². The summed E-state index contributed by atoms with van der Waals surface area (Å²) in [5.41, 5.74) is 0. The van der Waals surface area contributed by atoms with E-state index in [-0.39, 0.29) is 31.1 Å². The number of allylic oxidation sites excluding steroid dienone is 16. The zero-order valence-corrected chi connectivity index (χ0v) is 54.2. The molecule has 0 fully saturated rings. The van der Waals surface area contributed by atoms with Gasteiger partial charge in [-0.1, -0.05) is 311 Å². The average molecular weight is 1140 g/mol. The van der Waals surface area contributed by atoms with Crippen molar-refractivity contribution < 1.29 is 28.6 Å². The van der Waals surface area contributed by atoms with Crippen molar-refractivity contribution in [1.29, 1.82) is 0 Å². The van der Waals surface area contributed by atoms with Crippen molar-refractivity contribution in [2.24, 2.45) is 0 Å². The predicted molar refractivity (Wildman–Crippen MR) is 357 cm³/mol. The molecule has 0 aliphatic heterocycles. The van der Waals surface area contributed by atoms with E-state index in [1.165, 1.54) is 186 Å². The van der Waals surface area contributed by atoms with E-state index >= 15 is 0 Å². The molecular weight excluding hydrogens is 1010 g/mol. The minimum Gasteiger partial charge on any atom is -0.462 e. The van der Waals surface area contributed by atoms with Crippen molar-refractivity contribution in [3.8, 4) is 0 Å².